The van der Waals surface area contributed by atoms with E-state index in [0.29, 0.717) is 15.7 Å². The predicted octanol–water partition coefficient (Wildman–Crippen LogP) is 4.71. The third kappa shape index (κ3) is 4.32. The molecule has 0 aliphatic carbocycles. The van der Waals surface area contributed by atoms with Gasteiger partial charge in [0.05, 0.1) is 10.7 Å². The largest absolute Gasteiger partial charge is 0.380 e. The van der Waals surface area contributed by atoms with E-state index >= 15 is 0 Å². The molecule has 0 unspecified atom stereocenters. The zero-order chi connectivity index (χ0) is 16.1. The zero-order valence-corrected chi connectivity index (χ0v) is 12.8. The lowest BCUT2D eigenvalue weighted by atomic mass is 10.2. The SMILES string of the molecule is O=C(CCNc1c(F)cccc1F)Nc1ccc(Cl)cc1Cl. The lowest BCUT2D eigenvalue weighted by molar-refractivity contribution is -0.115. The first-order chi connectivity index (χ1) is 10.5. The number of carbonyl (C=O) groups excluding carboxylic acids is 1. The number of benzene rings is 2. The van der Waals surface area contributed by atoms with Crippen LogP contribution in [0.3, 0.4) is 0 Å². The van der Waals surface area contributed by atoms with Gasteiger partial charge in [0.1, 0.15) is 17.3 Å². The second-order valence-electron chi connectivity index (χ2n) is 4.45. The van der Waals surface area contributed by atoms with Gasteiger partial charge in [-0.3, -0.25) is 4.79 Å². The van der Waals surface area contributed by atoms with Crippen LogP contribution in [0.2, 0.25) is 10.0 Å². The number of amides is 1. The zero-order valence-electron chi connectivity index (χ0n) is 11.3. The van der Waals surface area contributed by atoms with Crippen LogP contribution in [0.25, 0.3) is 0 Å². The predicted molar refractivity (Wildman–Crippen MR) is 84.6 cm³/mol. The molecule has 3 nitrogen and oxygen atoms in total. The van der Waals surface area contributed by atoms with Gasteiger partial charge in [-0.2, -0.15) is 0 Å². The van der Waals surface area contributed by atoms with Crippen molar-refractivity contribution in [3.05, 3.63) is 58.1 Å². The minimum Gasteiger partial charge on any atom is -0.380 e. The number of nitrogens with one attached hydrogen (secondary N) is 2. The van der Waals surface area contributed by atoms with Crippen molar-refractivity contribution in [1.82, 2.24) is 0 Å². The number of para-hydroxylation sites is 1. The quantitative estimate of drug-likeness (QED) is 0.824. The Kier molecular flexibility index (Phi) is 5.57. The van der Waals surface area contributed by atoms with Crippen molar-refractivity contribution in [3.63, 3.8) is 0 Å². The van der Waals surface area contributed by atoms with Gasteiger partial charge >= 0.3 is 0 Å². The van der Waals surface area contributed by atoms with Crippen molar-refractivity contribution in [2.75, 3.05) is 17.2 Å². The van der Waals surface area contributed by atoms with E-state index in [9.17, 15) is 13.6 Å². The summed E-state index contributed by atoms with van der Waals surface area (Å²) in [6.45, 7) is 0.0783. The molecule has 0 aromatic heterocycles. The van der Waals surface area contributed by atoms with E-state index in [1.54, 1.807) is 12.1 Å². The third-order valence-electron chi connectivity index (χ3n) is 2.82. The van der Waals surface area contributed by atoms with E-state index in [4.69, 9.17) is 23.2 Å². The summed E-state index contributed by atoms with van der Waals surface area (Å²) in [5.74, 6) is -1.75. The highest BCUT2D eigenvalue weighted by Crippen LogP contribution is 2.25. The van der Waals surface area contributed by atoms with E-state index in [1.807, 2.05) is 0 Å². The third-order valence-corrected chi connectivity index (χ3v) is 3.37. The standard InChI is InChI=1S/C15H12Cl2F2N2O/c16-9-4-5-13(10(17)8-9)21-14(22)6-7-20-15-11(18)2-1-3-12(15)19/h1-5,8,20H,6-7H2,(H,21,22). The van der Waals surface area contributed by atoms with Crippen molar-refractivity contribution >= 4 is 40.5 Å². The van der Waals surface area contributed by atoms with Gasteiger partial charge in [0.15, 0.2) is 0 Å². The molecular formula is C15H12Cl2F2N2O. The Labute approximate surface area is 136 Å². The molecule has 0 saturated carbocycles. The van der Waals surface area contributed by atoms with Gasteiger partial charge in [0.2, 0.25) is 5.91 Å². The molecule has 0 aliphatic rings. The van der Waals surface area contributed by atoms with Gasteiger partial charge in [-0.25, -0.2) is 8.78 Å². The fraction of sp³-hybridized carbons (Fsp3) is 0.133. The van der Waals surface area contributed by atoms with E-state index in [2.05, 4.69) is 10.6 Å². The molecule has 1 amide bonds. The van der Waals surface area contributed by atoms with E-state index < -0.39 is 11.6 Å². The number of hydrogen-bond acceptors (Lipinski definition) is 2. The lowest BCUT2D eigenvalue weighted by Gasteiger charge is -2.10. The summed E-state index contributed by atoms with van der Waals surface area (Å²) in [6.07, 6.45) is 0.0206. The van der Waals surface area contributed by atoms with Gasteiger partial charge in [0.25, 0.3) is 0 Å². The normalized spacial score (nSPS) is 10.4. The Balaban J connectivity index is 1.88. The van der Waals surface area contributed by atoms with Crippen LogP contribution in [-0.2, 0) is 4.79 Å². The molecule has 7 heteroatoms. The molecule has 2 N–H and O–H groups in total. The fourth-order valence-electron chi connectivity index (χ4n) is 1.77. The molecule has 0 spiro atoms. The minimum absolute atomic E-state index is 0.0206. The van der Waals surface area contributed by atoms with Crippen molar-refractivity contribution < 1.29 is 13.6 Å². The smallest absolute Gasteiger partial charge is 0.226 e. The van der Waals surface area contributed by atoms with Crippen LogP contribution in [0.1, 0.15) is 6.42 Å². The number of hydrogen-bond donors (Lipinski definition) is 2. The summed E-state index contributed by atoms with van der Waals surface area (Å²) >= 11 is 11.7. The molecule has 116 valence electrons. The van der Waals surface area contributed by atoms with E-state index in [1.165, 1.54) is 12.1 Å². The number of halogens is 4. The van der Waals surface area contributed by atoms with Gasteiger partial charge in [-0.1, -0.05) is 29.3 Å². The number of carbonyl (C=O) groups is 1. The van der Waals surface area contributed by atoms with Crippen LogP contribution >= 0.6 is 23.2 Å². The second kappa shape index (κ2) is 7.42. The summed E-state index contributed by atoms with van der Waals surface area (Å²) in [6, 6.07) is 8.22. The minimum atomic E-state index is -0.707. The monoisotopic (exact) mass is 344 g/mol. The fourth-order valence-corrected chi connectivity index (χ4v) is 2.23. The Hall–Kier alpha value is -1.85. The first-order valence-corrected chi connectivity index (χ1v) is 7.16. The van der Waals surface area contributed by atoms with E-state index in [-0.39, 0.29) is 24.6 Å². The second-order valence-corrected chi connectivity index (χ2v) is 5.29. The molecule has 2 rings (SSSR count). The Morgan fingerprint density at radius 1 is 1.09 bits per heavy atom. The average molecular weight is 345 g/mol. The summed E-state index contributed by atoms with van der Waals surface area (Å²) in [5, 5.41) is 5.92. The molecule has 0 radical (unpaired) electrons. The maximum atomic E-state index is 13.4. The van der Waals surface area contributed by atoms with Crippen LogP contribution in [0.4, 0.5) is 20.2 Å². The molecule has 0 heterocycles. The van der Waals surface area contributed by atoms with E-state index in [0.717, 1.165) is 12.1 Å². The van der Waals surface area contributed by atoms with Crippen LogP contribution in [0.15, 0.2) is 36.4 Å². The number of anilines is 2. The van der Waals surface area contributed by atoms with Crippen LogP contribution in [0, 0.1) is 11.6 Å². The lowest BCUT2D eigenvalue weighted by Crippen LogP contribution is -2.17. The first-order valence-electron chi connectivity index (χ1n) is 6.40. The highest BCUT2D eigenvalue weighted by molar-refractivity contribution is 6.36. The molecule has 2 aromatic carbocycles. The van der Waals surface area contributed by atoms with Crippen LogP contribution in [-0.4, -0.2) is 12.5 Å². The molecule has 0 bridgehead atoms. The summed E-state index contributed by atoms with van der Waals surface area (Å²) in [4.78, 5) is 11.8. The highest BCUT2D eigenvalue weighted by Gasteiger charge is 2.09. The topological polar surface area (TPSA) is 41.1 Å². The first kappa shape index (κ1) is 16.5. The van der Waals surface area contributed by atoms with Crippen molar-refractivity contribution in [2.45, 2.75) is 6.42 Å². The number of rotatable bonds is 5. The van der Waals surface area contributed by atoms with Crippen molar-refractivity contribution in [1.29, 1.82) is 0 Å². The van der Waals surface area contributed by atoms with Crippen LogP contribution in [0.5, 0.6) is 0 Å². The maximum absolute atomic E-state index is 13.4. The molecule has 0 saturated heterocycles. The molecule has 0 fully saturated rings. The molecule has 0 aliphatic heterocycles. The summed E-state index contributed by atoms with van der Waals surface area (Å²) < 4.78 is 26.8. The highest BCUT2D eigenvalue weighted by atomic mass is 35.5. The maximum Gasteiger partial charge on any atom is 0.226 e. The summed E-state index contributed by atoms with van der Waals surface area (Å²) in [7, 11) is 0. The Bertz CT molecular complexity index is 675. The summed E-state index contributed by atoms with van der Waals surface area (Å²) in [5.41, 5.74) is 0.174. The molecular weight excluding hydrogens is 333 g/mol. The Morgan fingerprint density at radius 3 is 2.41 bits per heavy atom. The molecule has 22 heavy (non-hydrogen) atoms. The van der Waals surface area contributed by atoms with Gasteiger partial charge in [-0.15, -0.1) is 0 Å². The van der Waals surface area contributed by atoms with Gasteiger partial charge in [-0.05, 0) is 30.3 Å². The van der Waals surface area contributed by atoms with Crippen molar-refractivity contribution in [2.24, 2.45) is 0 Å². The molecule has 2 aromatic rings. The van der Waals surface area contributed by atoms with Gasteiger partial charge in [0, 0.05) is 18.0 Å². The Morgan fingerprint density at radius 2 is 1.77 bits per heavy atom. The van der Waals surface area contributed by atoms with Crippen molar-refractivity contribution in [3.8, 4) is 0 Å². The van der Waals surface area contributed by atoms with Gasteiger partial charge < -0.3 is 10.6 Å². The van der Waals surface area contributed by atoms with Crippen LogP contribution < -0.4 is 10.6 Å². The molecule has 0 atom stereocenters. The average Bonchev–Trinajstić information content (AvgIpc) is 2.45.